The average Bonchev–Trinajstić information content (AvgIpc) is 2.69. The summed E-state index contributed by atoms with van der Waals surface area (Å²) in [6.45, 7) is 14.8. The number of methoxy groups -OCH3 is 1. The minimum Gasteiger partial charge on any atom is -0.508 e. The van der Waals surface area contributed by atoms with Gasteiger partial charge in [-0.1, -0.05) is 48.5 Å². The second-order valence-electron chi connectivity index (χ2n) is 8.86. The van der Waals surface area contributed by atoms with Gasteiger partial charge in [-0.3, -0.25) is 0 Å². The van der Waals surface area contributed by atoms with E-state index in [2.05, 4.69) is 41.5 Å². The molecule has 0 spiro atoms. The number of hydrogen-bond acceptors (Lipinski definition) is 7. The number of phenols is 4. The molecule has 0 fully saturated rings. The minimum atomic E-state index is -0.651. The third-order valence-corrected chi connectivity index (χ3v) is 3.75. The summed E-state index contributed by atoms with van der Waals surface area (Å²) >= 11 is 0. The van der Waals surface area contributed by atoms with Crippen LogP contribution in [0.5, 0.6) is 28.7 Å². The Balaban J connectivity index is 0.000000519. The number of phenolic OH excluding ortho intramolecular Hbond substituents is 4. The maximum Gasteiger partial charge on any atom is 0.338 e. The van der Waals surface area contributed by atoms with E-state index in [0.29, 0.717) is 12.2 Å². The lowest BCUT2D eigenvalue weighted by Crippen LogP contribution is -2.11. The van der Waals surface area contributed by atoms with Crippen molar-refractivity contribution in [3.8, 4) is 28.7 Å². The van der Waals surface area contributed by atoms with Crippen molar-refractivity contribution >= 4 is 5.97 Å². The van der Waals surface area contributed by atoms with Crippen LogP contribution in [0, 0.1) is 5.92 Å². The summed E-state index contributed by atoms with van der Waals surface area (Å²) in [6.07, 6.45) is 0.682. The van der Waals surface area contributed by atoms with Crippen molar-refractivity contribution in [1.82, 2.24) is 0 Å². The first kappa shape index (κ1) is 28.9. The molecule has 0 unspecified atom stereocenters. The first-order valence-corrected chi connectivity index (χ1v) is 10.5. The Labute approximate surface area is 191 Å². The minimum absolute atomic E-state index is 0.00347. The first-order chi connectivity index (χ1) is 14.7. The molecule has 0 aromatic heterocycles. The van der Waals surface area contributed by atoms with E-state index in [0.717, 1.165) is 29.4 Å². The molecule has 0 radical (unpaired) electrons. The second-order valence-corrected chi connectivity index (χ2v) is 8.86. The summed E-state index contributed by atoms with van der Waals surface area (Å²) in [6, 6.07) is 7.36. The molecule has 2 aromatic rings. The largest absolute Gasteiger partial charge is 0.508 e. The molecular formula is C25H38O7. The number of benzene rings is 2. The molecule has 0 aliphatic carbocycles. The summed E-state index contributed by atoms with van der Waals surface area (Å²) in [5, 5.41) is 36.9. The van der Waals surface area contributed by atoms with E-state index in [-0.39, 0.29) is 17.6 Å². The molecule has 0 saturated heterocycles. The predicted molar refractivity (Wildman–Crippen MR) is 126 cm³/mol. The molecule has 0 aliphatic heterocycles. The Bertz CT molecular complexity index is 826. The Kier molecular flexibility index (Phi) is 12.1. The molecule has 0 saturated carbocycles. The zero-order valence-electron chi connectivity index (χ0n) is 20.4. The third kappa shape index (κ3) is 10.3. The van der Waals surface area contributed by atoms with Crippen molar-refractivity contribution in [2.75, 3.05) is 13.7 Å². The molecule has 0 heterocycles. The summed E-state index contributed by atoms with van der Waals surface area (Å²) in [5.41, 5.74) is 0.849. The molecule has 7 nitrogen and oxygen atoms in total. The monoisotopic (exact) mass is 450 g/mol. The van der Waals surface area contributed by atoms with Gasteiger partial charge in [-0.05, 0) is 48.1 Å². The molecular weight excluding hydrogens is 412 g/mol. The normalized spacial score (nSPS) is 10.4. The maximum absolute atomic E-state index is 11.3. The van der Waals surface area contributed by atoms with Crippen molar-refractivity contribution < 1.29 is 34.7 Å². The Hall–Kier alpha value is -3.09. The molecule has 2 rings (SSSR count). The quantitative estimate of drug-likeness (QED) is 0.347. The van der Waals surface area contributed by atoms with Crippen LogP contribution in [-0.4, -0.2) is 40.1 Å². The SMILES string of the molecule is CC(C)C.CCCOC(=O)c1cc(O)c(O)c(O)c1.COc1ccc(O)c(C(C)(C)C)c1. The van der Waals surface area contributed by atoms with E-state index in [1.54, 1.807) is 19.2 Å². The summed E-state index contributed by atoms with van der Waals surface area (Å²) in [7, 11) is 1.62. The van der Waals surface area contributed by atoms with Crippen LogP contribution in [0.2, 0.25) is 0 Å². The van der Waals surface area contributed by atoms with E-state index in [1.165, 1.54) is 0 Å². The van der Waals surface area contributed by atoms with Crippen LogP contribution in [0.15, 0.2) is 30.3 Å². The second kappa shape index (κ2) is 13.3. The molecule has 7 heteroatoms. The molecule has 4 N–H and O–H groups in total. The van der Waals surface area contributed by atoms with Crippen molar-refractivity contribution in [3.63, 3.8) is 0 Å². The number of carbonyl (C=O) groups is 1. The van der Waals surface area contributed by atoms with E-state index >= 15 is 0 Å². The molecule has 0 amide bonds. The summed E-state index contributed by atoms with van der Waals surface area (Å²) < 4.78 is 9.88. The molecule has 0 atom stereocenters. The Morgan fingerprint density at radius 1 is 0.938 bits per heavy atom. The van der Waals surface area contributed by atoms with Crippen molar-refractivity contribution in [2.24, 2.45) is 5.92 Å². The van der Waals surface area contributed by atoms with E-state index in [9.17, 15) is 9.90 Å². The van der Waals surface area contributed by atoms with Gasteiger partial charge in [0.1, 0.15) is 11.5 Å². The van der Waals surface area contributed by atoms with Crippen molar-refractivity contribution in [1.29, 1.82) is 0 Å². The average molecular weight is 451 g/mol. The van der Waals surface area contributed by atoms with Gasteiger partial charge in [0.15, 0.2) is 17.2 Å². The highest BCUT2D eigenvalue weighted by molar-refractivity contribution is 5.91. The molecule has 180 valence electrons. The van der Waals surface area contributed by atoms with Gasteiger partial charge in [-0.2, -0.15) is 0 Å². The van der Waals surface area contributed by atoms with Crippen LogP contribution < -0.4 is 4.74 Å². The fourth-order valence-electron chi connectivity index (χ4n) is 2.24. The maximum atomic E-state index is 11.3. The molecule has 0 bridgehead atoms. The lowest BCUT2D eigenvalue weighted by molar-refractivity contribution is 0.0504. The van der Waals surface area contributed by atoms with Gasteiger partial charge in [-0.15, -0.1) is 0 Å². The number of ether oxygens (including phenoxy) is 2. The highest BCUT2D eigenvalue weighted by Crippen LogP contribution is 2.35. The number of esters is 1. The Morgan fingerprint density at radius 2 is 1.44 bits per heavy atom. The zero-order chi connectivity index (χ0) is 25.1. The standard InChI is InChI=1S/C11H16O2.C10H12O5.C4H10/c1-11(2,3)9-7-8(13-4)5-6-10(9)12;1-2-3-15-10(14)6-4-7(11)9(13)8(12)5-6;1-4(2)3/h5-7,12H,1-4H3;4-5,11-13H,2-3H2,1H3;4H,1-3H3. The lowest BCUT2D eigenvalue weighted by atomic mass is 9.86. The van der Waals surface area contributed by atoms with Crippen molar-refractivity contribution in [2.45, 2.75) is 60.3 Å². The third-order valence-electron chi connectivity index (χ3n) is 3.75. The predicted octanol–water partition coefficient (Wildman–Crippen LogP) is 5.73. The molecule has 32 heavy (non-hydrogen) atoms. The number of hydrogen-bond donors (Lipinski definition) is 4. The van der Waals surface area contributed by atoms with Crippen LogP contribution >= 0.6 is 0 Å². The molecule has 2 aromatic carbocycles. The lowest BCUT2D eigenvalue weighted by Gasteiger charge is -2.20. The number of carbonyl (C=O) groups excluding carboxylic acids is 1. The van der Waals surface area contributed by atoms with Gasteiger partial charge in [-0.25, -0.2) is 4.79 Å². The van der Waals surface area contributed by atoms with Crippen LogP contribution in [0.25, 0.3) is 0 Å². The fourth-order valence-corrected chi connectivity index (χ4v) is 2.24. The molecule has 0 aliphatic rings. The van der Waals surface area contributed by atoms with E-state index in [1.807, 2.05) is 13.0 Å². The van der Waals surface area contributed by atoms with Crippen LogP contribution in [-0.2, 0) is 10.2 Å². The summed E-state index contributed by atoms with van der Waals surface area (Å²) in [4.78, 5) is 11.3. The van der Waals surface area contributed by atoms with Crippen LogP contribution in [0.1, 0.15) is 70.8 Å². The first-order valence-electron chi connectivity index (χ1n) is 10.5. The van der Waals surface area contributed by atoms with Gasteiger partial charge in [0.2, 0.25) is 0 Å². The fraction of sp³-hybridized carbons (Fsp3) is 0.480. The van der Waals surface area contributed by atoms with Gasteiger partial charge < -0.3 is 29.9 Å². The highest BCUT2D eigenvalue weighted by atomic mass is 16.5. The van der Waals surface area contributed by atoms with Crippen LogP contribution in [0.3, 0.4) is 0 Å². The summed E-state index contributed by atoms with van der Waals surface area (Å²) in [5.74, 6) is -0.475. The van der Waals surface area contributed by atoms with Gasteiger partial charge in [0.05, 0.1) is 19.3 Å². The number of rotatable bonds is 4. The van der Waals surface area contributed by atoms with E-state index < -0.39 is 23.2 Å². The highest BCUT2D eigenvalue weighted by Gasteiger charge is 2.18. The van der Waals surface area contributed by atoms with Gasteiger partial charge in [0.25, 0.3) is 0 Å². The number of aromatic hydroxyl groups is 4. The van der Waals surface area contributed by atoms with Crippen molar-refractivity contribution in [3.05, 3.63) is 41.5 Å². The topological polar surface area (TPSA) is 116 Å². The Morgan fingerprint density at radius 3 is 1.84 bits per heavy atom. The van der Waals surface area contributed by atoms with Crippen LogP contribution in [0.4, 0.5) is 0 Å². The smallest absolute Gasteiger partial charge is 0.338 e. The zero-order valence-corrected chi connectivity index (χ0v) is 20.4. The van der Waals surface area contributed by atoms with E-state index in [4.69, 9.17) is 24.8 Å². The van der Waals surface area contributed by atoms with Gasteiger partial charge >= 0.3 is 5.97 Å². The van der Waals surface area contributed by atoms with Gasteiger partial charge in [0, 0.05) is 5.56 Å².